The van der Waals surface area contributed by atoms with Crippen molar-refractivity contribution in [3.63, 3.8) is 0 Å². The number of fused-ring (bicyclic) bond motifs is 2. The van der Waals surface area contributed by atoms with E-state index in [-0.39, 0.29) is 0 Å². The Kier molecular flexibility index (Phi) is 7.47. The van der Waals surface area contributed by atoms with E-state index in [0.29, 0.717) is 24.3 Å². The van der Waals surface area contributed by atoms with Gasteiger partial charge < -0.3 is 0 Å². The molecular formula is C33H6F8N6. The summed E-state index contributed by atoms with van der Waals surface area (Å²) < 4.78 is 119. The third kappa shape index (κ3) is 4.49. The highest BCUT2D eigenvalue weighted by atomic mass is 19.4. The Hall–Kier alpha value is -7.00. The Labute approximate surface area is 258 Å². The predicted molar refractivity (Wildman–Crippen MR) is 145 cm³/mol. The maximum atomic E-state index is 16.9. The van der Waals surface area contributed by atoms with Gasteiger partial charge in [-0.05, 0) is 35.4 Å². The van der Waals surface area contributed by atoms with Crippen LogP contribution in [0.3, 0.4) is 0 Å². The molecule has 47 heavy (non-hydrogen) atoms. The second kappa shape index (κ2) is 11.2. The number of hydrogen-bond donors (Lipinski definition) is 0. The Bertz CT molecular complexity index is 2210. The van der Waals surface area contributed by atoms with Crippen LogP contribution < -0.4 is 0 Å². The van der Waals surface area contributed by atoms with E-state index in [2.05, 4.69) is 0 Å². The molecule has 0 fully saturated rings. The van der Waals surface area contributed by atoms with Crippen molar-refractivity contribution in [1.29, 1.82) is 31.6 Å². The maximum Gasteiger partial charge on any atom is 0.417 e. The van der Waals surface area contributed by atoms with Gasteiger partial charge in [-0.25, -0.2) is 22.0 Å². The average molecular weight is 638 g/mol. The van der Waals surface area contributed by atoms with Crippen molar-refractivity contribution >= 4 is 33.4 Å². The van der Waals surface area contributed by atoms with E-state index < -0.39 is 119 Å². The van der Waals surface area contributed by atoms with Crippen molar-refractivity contribution in [1.82, 2.24) is 0 Å². The summed E-state index contributed by atoms with van der Waals surface area (Å²) in [5, 5.41) is 59.4. The van der Waals surface area contributed by atoms with Crippen LogP contribution in [-0.2, 0) is 6.18 Å². The number of nitriles is 6. The highest BCUT2D eigenvalue weighted by Crippen LogP contribution is 2.60. The third-order valence-corrected chi connectivity index (χ3v) is 7.31. The lowest BCUT2D eigenvalue weighted by atomic mass is 9.83. The highest BCUT2D eigenvalue weighted by Gasteiger charge is 2.50. The minimum atomic E-state index is -5.64. The normalized spacial score (nSPS) is 13.1. The van der Waals surface area contributed by atoms with Gasteiger partial charge in [-0.15, -0.1) is 0 Å². The second-order valence-corrected chi connectivity index (χ2v) is 9.62. The lowest BCUT2D eigenvalue weighted by Gasteiger charge is -2.21. The minimum absolute atomic E-state index is 0.440. The molecule has 0 saturated carbocycles. The fourth-order valence-electron chi connectivity index (χ4n) is 5.60. The quantitative estimate of drug-likeness (QED) is 0.206. The summed E-state index contributed by atoms with van der Waals surface area (Å²) >= 11 is 0. The molecule has 0 saturated heterocycles. The van der Waals surface area contributed by atoms with E-state index in [4.69, 9.17) is 0 Å². The summed E-state index contributed by atoms with van der Waals surface area (Å²) in [7, 11) is 0. The van der Waals surface area contributed by atoms with Crippen molar-refractivity contribution in [2.24, 2.45) is 0 Å². The first kappa shape index (κ1) is 31.4. The SMILES string of the molecule is N#CC(C#N)=C1C(c2ccc(F)c(F)c2)=C(C#N)c2c(F)c3c(c(C(F)(F)F)c21)C(=C(C#N)C#N)C(c1ccc(F)c(F)c1)=C3C#N. The molecule has 0 amide bonds. The molecular weight excluding hydrogens is 632 g/mol. The number of alkyl halides is 3. The van der Waals surface area contributed by atoms with E-state index in [1.54, 1.807) is 0 Å². The van der Waals surface area contributed by atoms with Gasteiger partial charge in [0.05, 0.1) is 16.7 Å². The Morgan fingerprint density at radius 2 is 0.872 bits per heavy atom. The van der Waals surface area contributed by atoms with Crippen molar-refractivity contribution in [3.8, 4) is 36.4 Å². The van der Waals surface area contributed by atoms with Crippen LogP contribution in [-0.4, -0.2) is 0 Å². The molecule has 0 spiro atoms. The molecule has 5 rings (SSSR count). The molecule has 2 aliphatic rings. The zero-order chi connectivity index (χ0) is 34.5. The fraction of sp³-hybridized carbons (Fsp3) is 0.0303. The van der Waals surface area contributed by atoms with E-state index >= 15 is 17.6 Å². The number of allylic oxidation sites excluding steroid dienone is 8. The van der Waals surface area contributed by atoms with Crippen LogP contribution in [0.1, 0.15) is 38.9 Å². The van der Waals surface area contributed by atoms with E-state index in [1.165, 1.54) is 36.4 Å². The second-order valence-electron chi connectivity index (χ2n) is 9.62. The molecule has 3 aromatic rings. The van der Waals surface area contributed by atoms with Gasteiger partial charge in [-0.1, -0.05) is 12.1 Å². The molecule has 14 heteroatoms. The first-order valence-corrected chi connectivity index (χ1v) is 12.6. The number of rotatable bonds is 2. The topological polar surface area (TPSA) is 143 Å². The largest absolute Gasteiger partial charge is 0.417 e. The first-order valence-electron chi connectivity index (χ1n) is 12.6. The Balaban J connectivity index is 2.13. The molecule has 0 atom stereocenters. The predicted octanol–water partition coefficient (Wildman–Crippen LogP) is 7.90. The number of halogens is 8. The summed E-state index contributed by atoms with van der Waals surface area (Å²) in [5.74, 6) is -7.67. The van der Waals surface area contributed by atoms with Gasteiger partial charge in [-0.2, -0.15) is 44.7 Å². The standard InChI is InChI=1S/C33H6F8N6/c34-19-3-1-13(5-21(19)36)23-17(11-46)27-29(25(23)15(7-42)8-43)31(33(39,40)41)30-26(16(9-44)10-45)24(18(12-47)28(30)32(27)38)14-2-4-20(35)22(37)6-14/h1-6H. The molecule has 3 aromatic carbocycles. The van der Waals surface area contributed by atoms with Gasteiger partial charge in [0.1, 0.15) is 53.4 Å². The monoisotopic (exact) mass is 638 g/mol. The zero-order valence-corrected chi connectivity index (χ0v) is 22.7. The Morgan fingerprint density at radius 3 is 1.15 bits per heavy atom. The number of hydrogen-bond acceptors (Lipinski definition) is 6. The summed E-state index contributed by atoms with van der Waals surface area (Å²) in [6.07, 6.45) is -5.64. The van der Waals surface area contributed by atoms with Crippen molar-refractivity contribution in [2.45, 2.75) is 6.18 Å². The highest BCUT2D eigenvalue weighted by molar-refractivity contribution is 6.30. The Morgan fingerprint density at radius 1 is 0.511 bits per heavy atom. The lowest BCUT2D eigenvalue weighted by molar-refractivity contribution is -0.138. The molecule has 2 aliphatic carbocycles. The summed E-state index contributed by atoms with van der Waals surface area (Å²) in [6, 6.07) is 11.9. The molecule has 0 heterocycles. The summed E-state index contributed by atoms with van der Waals surface area (Å²) in [4.78, 5) is 0. The molecule has 0 radical (unpaired) electrons. The van der Waals surface area contributed by atoms with E-state index in [1.807, 2.05) is 0 Å². The van der Waals surface area contributed by atoms with Gasteiger partial charge >= 0.3 is 6.18 Å². The minimum Gasteiger partial charge on any atom is -0.206 e. The van der Waals surface area contributed by atoms with Crippen LogP contribution in [0.25, 0.3) is 33.4 Å². The lowest BCUT2D eigenvalue weighted by Crippen LogP contribution is -2.16. The smallest absolute Gasteiger partial charge is 0.206 e. The zero-order valence-electron chi connectivity index (χ0n) is 22.7. The van der Waals surface area contributed by atoms with Crippen LogP contribution >= 0.6 is 0 Å². The van der Waals surface area contributed by atoms with Crippen LogP contribution in [0.5, 0.6) is 0 Å². The van der Waals surface area contributed by atoms with Crippen molar-refractivity contribution < 1.29 is 35.1 Å². The summed E-state index contributed by atoms with van der Waals surface area (Å²) in [6.45, 7) is 0. The molecule has 0 unspecified atom stereocenters. The number of nitrogens with zero attached hydrogens (tertiary/aromatic N) is 6. The van der Waals surface area contributed by atoms with Crippen LogP contribution in [0.15, 0.2) is 47.5 Å². The van der Waals surface area contributed by atoms with Crippen LogP contribution in [0.4, 0.5) is 35.1 Å². The molecule has 0 aromatic heterocycles. The van der Waals surface area contributed by atoms with Crippen molar-refractivity contribution in [3.05, 3.63) is 116 Å². The molecule has 0 aliphatic heterocycles. The first-order chi connectivity index (χ1) is 22.3. The van der Waals surface area contributed by atoms with Gasteiger partial charge in [0.25, 0.3) is 0 Å². The van der Waals surface area contributed by atoms with E-state index in [0.717, 1.165) is 12.1 Å². The third-order valence-electron chi connectivity index (χ3n) is 7.31. The van der Waals surface area contributed by atoms with Crippen molar-refractivity contribution in [2.75, 3.05) is 0 Å². The average Bonchev–Trinajstić information content (AvgIpc) is 3.55. The maximum absolute atomic E-state index is 16.9. The van der Waals surface area contributed by atoms with Gasteiger partial charge in [0.15, 0.2) is 23.3 Å². The molecule has 0 bridgehead atoms. The molecule has 224 valence electrons. The summed E-state index contributed by atoms with van der Waals surface area (Å²) in [5.41, 5.74) is -15.7. The van der Waals surface area contributed by atoms with Gasteiger partial charge in [0.2, 0.25) is 0 Å². The van der Waals surface area contributed by atoms with Gasteiger partial charge in [-0.3, -0.25) is 0 Å². The molecule has 0 N–H and O–H groups in total. The number of benzene rings is 3. The van der Waals surface area contributed by atoms with Crippen LogP contribution in [0, 0.1) is 97.1 Å². The van der Waals surface area contributed by atoms with E-state index in [9.17, 15) is 49.1 Å². The fourth-order valence-corrected chi connectivity index (χ4v) is 5.60. The van der Waals surface area contributed by atoms with Crippen LogP contribution in [0.2, 0.25) is 0 Å². The van der Waals surface area contributed by atoms with Gasteiger partial charge in [0, 0.05) is 44.5 Å². The molecule has 6 nitrogen and oxygen atoms in total.